The lowest BCUT2D eigenvalue weighted by molar-refractivity contribution is 0.112. The van der Waals surface area contributed by atoms with Crippen molar-refractivity contribution in [1.82, 2.24) is 4.98 Å². The lowest BCUT2D eigenvalue weighted by Gasteiger charge is -2.00. The summed E-state index contributed by atoms with van der Waals surface area (Å²) >= 11 is 3.41. The Labute approximate surface area is 124 Å². The molecule has 0 unspecified atom stereocenters. The third-order valence-corrected chi connectivity index (χ3v) is 3.83. The quantitative estimate of drug-likeness (QED) is 0.723. The predicted molar refractivity (Wildman–Crippen MR) is 83.4 cm³/mol. The molecule has 3 nitrogen and oxygen atoms in total. The van der Waals surface area contributed by atoms with E-state index in [0.717, 1.165) is 38.7 Å². The number of hydrogen-bond donors (Lipinski definition) is 1. The average molecular weight is 330 g/mol. The first-order valence-corrected chi connectivity index (χ1v) is 6.93. The minimum absolute atomic E-state index is 0.654. The zero-order valence-corrected chi connectivity index (χ0v) is 12.4. The molecule has 0 saturated heterocycles. The summed E-state index contributed by atoms with van der Waals surface area (Å²) in [6.45, 7) is 0. The van der Waals surface area contributed by atoms with Gasteiger partial charge in [0.05, 0.1) is 12.8 Å². The second-order valence-corrected chi connectivity index (χ2v) is 5.37. The van der Waals surface area contributed by atoms with E-state index in [1.807, 2.05) is 42.5 Å². The molecule has 1 heterocycles. The summed E-state index contributed by atoms with van der Waals surface area (Å²) in [6.07, 6.45) is 0.885. The Morgan fingerprint density at radius 3 is 2.55 bits per heavy atom. The summed E-state index contributed by atoms with van der Waals surface area (Å²) in [4.78, 5) is 14.8. The highest BCUT2D eigenvalue weighted by Crippen LogP contribution is 2.31. The molecule has 1 N–H and O–H groups in total. The lowest BCUT2D eigenvalue weighted by atomic mass is 10.1. The Hall–Kier alpha value is -2.07. The van der Waals surface area contributed by atoms with Crippen molar-refractivity contribution in [3.63, 3.8) is 0 Å². The van der Waals surface area contributed by atoms with Crippen molar-refractivity contribution >= 4 is 33.1 Å². The van der Waals surface area contributed by atoms with Gasteiger partial charge in [-0.05, 0) is 35.9 Å². The Bertz CT molecular complexity index is 775. The number of H-pyrrole nitrogens is 1. The van der Waals surface area contributed by atoms with Crippen molar-refractivity contribution in [2.75, 3.05) is 7.11 Å². The molecule has 0 atom stereocenters. The number of halogens is 1. The predicted octanol–water partition coefficient (Wildman–Crippen LogP) is 4.42. The summed E-state index contributed by atoms with van der Waals surface area (Å²) in [5.41, 5.74) is 3.38. The molecule has 0 radical (unpaired) electrons. The number of aldehydes is 1. The van der Waals surface area contributed by atoms with Crippen LogP contribution < -0.4 is 4.74 Å². The summed E-state index contributed by atoms with van der Waals surface area (Å²) in [6, 6.07) is 13.5. The van der Waals surface area contributed by atoms with Crippen LogP contribution in [0.3, 0.4) is 0 Å². The minimum atomic E-state index is 0.654. The van der Waals surface area contributed by atoms with Gasteiger partial charge in [0.15, 0.2) is 6.29 Å². The minimum Gasteiger partial charge on any atom is -0.497 e. The normalized spacial score (nSPS) is 10.7. The first-order valence-electron chi connectivity index (χ1n) is 6.14. The third-order valence-electron chi connectivity index (χ3n) is 3.30. The van der Waals surface area contributed by atoms with E-state index < -0.39 is 0 Å². The van der Waals surface area contributed by atoms with Gasteiger partial charge in [-0.25, -0.2) is 0 Å². The van der Waals surface area contributed by atoms with Crippen LogP contribution in [0.25, 0.3) is 22.2 Å². The Balaban J connectivity index is 2.25. The monoisotopic (exact) mass is 329 g/mol. The number of carbonyl (C=O) groups excluding carboxylic acids is 1. The van der Waals surface area contributed by atoms with Crippen molar-refractivity contribution in [1.29, 1.82) is 0 Å². The van der Waals surface area contributed by atoms with Crippen LogP contribution in [0.5, 0.6) is 5.75 Å². The van der Waals surface area contributed by atoms with Crippen molar-refractivity contribution in [3.8, 4) is 17.0 Å². The molecular formula is C16H12BrNO2. The molecule has 100 valence electrons. The molecule has 20 heavy (non-hydrogen) atoms. The maximum Gasteiger partial charge on any atom is 0.152 e. The number of aromatic amines is 1. The van der Waals surface area contributed by atoms with Gasteiger partial charge in [0.2, 0.25) is 0 Å². The highest BCUT2D eigenvalue weighted by atomic mass is 79.9. The third kappa shape index (κ3) is 2.12. The highest BCUT2D eigenvalue weighted by Gasteiger charge is 2.13. The van der Waals surface area contributed by atoms with Gasteiger partial charge in [-0.2, -0.15) is 0 Å². The first-order chi connectivity index (χ1) is 9.72. The number of aromatic nitrogens is 1. The number of carbonyl (C=O) groups is 1. The fourth-order valence-corrected chi connectivity index (χ4v) is 2.55. The van der Waals surface area contributed by atoms with Crippen molar-refractivity contribution < 1.29 is 9.53 Å². The fraction of sp³-hybridized carbons (Fsp3) is 0.0625. The maximum atomic E-state index is 11.5. The topological polar surface area (TPSA) is 42.1 Å². The van der Waals surface area contributed by atoms with Crippen LogP contribution in [0, 0.1) is 0 Å². The summed E-state index contributed by atoms with van der Waals surface area (Å²) in [7, 11) is 1.62. The zero-order chi connectivity index (χ0) is 14.1. The molecule has 0 fully saturated rings. The number of nitrogens with one attached hydrogen (secondary N) is 1. The van der Waals surface area contributed by atoms with Crippen LogP contribution in [0.2, 0.25) is 0 Å². The standard InChI is InChI=1S/C16H12BrNO2/c1-20-12-6-7-15-13(8-12)14(9-19)16(18-15)10-2-4-11(17)5-3-10/h2-9,18H,1H3. The molecule has 0 aliphatic carbocycles. The highest BCUT2D eigenvalue weighted by molar-refractivity contribution is 9.10. The Morgan fingerprint density at radius 2 is 1.90 bits per heavy atom. The molecule has 0 amide bonds. The van der Waals surface area contributed by atoms with Crippen molar-refractivity contribution in [3.05, 3.63) is 52.5 Å². The molecule has 0 aliphatic heterocycles. The maximum absolute atomic E-state index is 11.5. The number of benzene rings is 2. The van der Waals surface area contributed by atoms with Gasteiger partial charge >= 0.3 is 0 Å². The van der Waals surface area contributed by atoms with Crippen LogP contribution in [-0.2, 0) is 0 Å². The van der Waals surface area contributed by atoms with Crippen molar-refractivity contribution in [2.45, 2.75) is 0 Å². The average Bonchev–Trinajstić information content (AvgIpc) is 2.85. The van der Waals surface area contributed by atoms with Crippen LogP contribution in [0.4, 0.5) is 0 Å². The van der Waals surface area contributed by atoms with E-state index in [-0.39, 0.29) is 0 Å². The van der Waals surface area contributed by atoms with E-state index in [9.17, 15) is 4.79 Å². The van der Waals surface area contributed by atoms with Crippen molar-refractivity contribution in [2.24, 2.45) is 0 Å². The molecule has 0 bridgehead atoms. The first kappa shape index (κ1) is 12.9. The molecule has 4 heteroatoms. The van der Waals surface area contributed by atoms with Gasteiger partial charge in [0.1, 0.15) is 5.75 Å². The van der Waals surface area contributed by atoms with E-state index in [4.69, 9.17) is 4.74 Å². The SMILES string of the molecule is COc1ccc2[nH]c(-c3ccc(Br)cc3)c(C=O)c2c1. The van der Waals surface area contributed by atoms with Gasteiger partial charge in [-0.1, -0.05) is 28.1 Å². The van der Waals surface area contributed by atoms with Crippen LogP contribution in [-0.4, -0.2) is 18.4 Å². The van der Waals surface area contributed by atoms with E-state index in [0.29, 0.717) is 5.56 Å². The van der Waals surface area contributed by atoms with Crippen LogP contribution >= 0.6 is 15.9 Å². The number of methoxy groups -OCH3 is 1. The van der Waals surface area contributed by atoms with Gasteiger partial charge in [0.25, 0.3) is 0 Å². The number of ether oxygens (including phenoxy) is 1. The zero-order valence-electron chi connectivity index (χ0n) is 10.8. The number of rotatable bonds is 3. The van der Waals surface area contributed by atoms with Gasteiger partial charge in [0, 0.05) is 20.9 Å². The summed E-state index contributed by atoms with van der Waals surface area (Å²) in [5, 5.41) is 0.872. The number of fused-ring (bicyclic) bond motifs is 1. The second kappa shape index (κ2) is 5.13. The van der Waals surface area contributed by atoms with E-state index in [1.54, 1.807) is 7.11 Å². The summed E-state index contributed by atoms with van der Waals surface area (Å²) in [5.74, 6) is 0.738. The lowest BCUT2D eigenvalue weighted by Crippen LogP contribution is -1.85. The van der Waals surface area contributed by atoms with Crippen LogP contribution in [0.1, 0.15) is 10.4 Å². The van der Waals surface area contributed by atoms with Gasteiger partial charge in [-0.15, -0.1) is 0 Å². The van der Waals surface area contributed by atoms with Gasteiger partial charge < -0.3 is 9.72 Å². The molecule has 0 spiro atoms. The number of hydrogen-bond acceptors (Lipinski definition) is 2. The second-order valence-electron chi connectivity index (χ2n) is 4.45. The molecular weight excluding hydrogens is 318 g/mol. The van der Waals surface area contributed by atoms with E-state index in [1.165, 1.54) is 0 Å². The van der Waals surface area contributed by atoms with E-state index >= 15 is 0 Å². The molecule has 0 saturated carbocycles. The molecule has 3 rings (SSSR count). The molecule has 3 aromatic rings. The van der Waals surface area contributed by atoms with E-state index in [2.05, 4.69) is 20.9 Å². The Kier molecular flexibility index (Phi) is 3.32. The summed E-state index contributed by atoms with van der Waals surface area (Å²) < 4.78 is 6.22. The molecule has 2 aromatic carbocycles. The Morgan fingerprint density at radius 1 is 1.15 bits per heavy atom. The molecule has 1 aromatic heterocycles. The largest absolute Gasteiger partial charge is 0.497 e. The smallest absolute Gasteiger partial charge is 0.152 e. The fourth-order valence-electron chi connectivity index (χ4n) is 2.29. The molecule has 0 aliphatic rings. The van der Waals surface area contributed by atoms with Gasteiger partial charge in [-0.3, -0.25) is 4.79 Å². The van der Waals surface area contributed by atoms with Crippen LogP contribution in [0.15, 0.2) is 46.9 Å².